The number of ether oxygens (including phenoxy) is 1. The smallest absolute Gasteiger partial charge is 0.336 e. The minimum Gasteiger partial charge on any atom is -0.483 e. The van der Waals surface area contributed by atoms with Crippen LogP contribution < -0.4 is 15.7 Å². The first-order chi connectivity index (χ1) is 16.3. The minimum atomic E-state index is -0.609. The molecule has 2 fully saturated rings. The molecule has 2 atom stereocenters. The summed E-state index contributed by atoms with van der Waals surface area (Å²) < 4.78 is 11.0. The largest absolute Gasteiger partial charge is 0.483 e. The molecule has 0 radical (unpaired) electrons. The van der Waals surface area contributed by atoms with Gasteiger partial charge in [-0.25, -0.2) is 4.79 Å². The quantitative estimate of drug-likeness (QED) is 0.603. The maximum atomic E-state index is 12.6. The molecule has 1 aliphatic heterocycles. The van der Waals surface area contributed by atoms with Crippen LogP contribution in [-0.2, 0) is 16.0 Å². The van der Waals surface area contributed by atoms with Crippen molar-refractivity contribution in [2.45, 2.75) is 64.4 Å². The predicted octanol–water partition coefficient (Wildman–Crippen LogP) is 2.70. The van der Waals surface area contributed by atoms with Crippen LogP contribution in [0.3, 0.4) is 0 Å². The highest BCUT2D eigenvalue weighted by Crippen LogP contribution is 2.39. The van der Waals surface area contributed by atoms with Gasteiger partial charge in [0.1, 0.15) is 11.3 Å². The van der Waals surface area contributed by atoms with E-state index in [0.717, 1.165) is 36.6 Å². The van der Waals surface area contributed by atoms with Crippen molar-refractivity contribution in [3.05, 3.63) is 39.7 Å². The third-order valence-electron chi connectivity index (χ3n) is 7.38. The first kappa shape index (κ1) is 24.3. The molecular formula is C26H34N2O6. The van der Waals surface area contributed by atoms with Crippen molar-refractivity contribution in [3.8, 4) is 5.75 Å². The Morgan fingerprint density at radius 2 is 2.12 bits per heavy atom. The number of amides is 2. The molecular weight excluding hydrogens is 436 g/mol. The van der Waals surface area contributed by atoms with Crippen LogP contribution in [0.1, 0.15) is 56.6 Å². The second-order valence-corrected chi connectivity index (χ2v) is 9.53. The van der Waals surface area contributed by atoms with Gasteiger partial charge in [0, 0.05) is 49.0 Å². The molecule has 2 amide bonds. The number of carbonyl (C=O) groups excluding carboxylic acids is 2. The van der Waals surface area contributed by atoms with Gasteiger partial charge >= 0.3 is 5.63 Å². The summed E-state index contributed by atoms with van der Waals surface area (Å²) in [6.07, 6.45) is 5.52. The van der Waals surface area contributed by atoms with Crippen molar-refractivity contribution >= 4 is 22.8 Å². The van der Waals surface area contributed by atoms with E-state index >= 15 is 0 Å². The number of aryl methyl sites for hydroxylation is 2. The molecule has 184 valence electrons. The highest BCUT2D eigenvalue weighted by molar-refractivity contribution is 5.85. The fourth-order valence-corrected chi connectivity index (χ4v) is 5.32. The molecule has 0 unspecified atom stereocenters. The van der Waals surface area contributed by atoms with E-state index in [4.69, 9.17) is 9.15 Å². The van der Waals surface area contributed by atoms with E-state index in [1.807, 2.05) is 17.9 Å². The molecule has 1 aliphatic carbocycles. The number of aliphatic hydroxyl groups is 1. The van der Waals surface area contributed by atoms with E-state index in [1.165, 1.54) is 6.07 Å². The lowest BCUT2D eigenvalue weighted by Gasteiger charge is -2.47. The van der Waals surface area contributed by atoms with Crippen molar-refractivity contribution in [1.82, 2.24) is 10.2 Å². The van der Waals surface area contributed by atoms with Gasteiger partial charge in [0.25, 0.3) is 5.91 Å². The standard InChI is InChI=1S/C26H34N2O6/c1-3-18-14-24(31)34-25-17(2)21(8-7-20(18)25)33-16-22(29)27-12-9-23(30)28-13-11-26(32)10-5-4-6-19(26)15-28/h7-8,14,19,32H,3-6,9-13,15-16H2,1-2H3,(H,27,29)/t19-,26+/m0/s1. The molecule has 1 saturated carbocycles. The Balaban J connectivity index is 1.25. The average molecular weight is 471 g/mol. The maximum absolute atomic E-state index is 12.6. The summed E-state index contributed by atoms with van der Waals surface area (Å²) in [5.74, 6) is 0.311. The molecule has 2 N–H and O–H groups in total. The summed E-state index contributed by atoms with van der Waals surface area (Å²) in [6, 6.07) is 5.11. The average Bonchev–Trinajstić information content (AvgIpc) is 2.82. The summed E-state index contributed by atoms with van der Waals surface area (Å²) in [7, 11) is 0. The number of benzene rings is 1. The molecule has 1 aromatic carbocycles. The normalized spacial score (nSPS) is 22.3. The molecule has 4 rings (SSSR count). The topological polar surface area (TPSA) is 109 Å². The van der Waals surface area contributed by atoms with Gasteiger partial charge in [-0.15, -0.1) is 0 Å². The molecule has 1 saturated heterocycles. The second-order valence-electron chi connectivity index (χ2n) is 9.53. The Bertz CT molecular complexity index is 1130. The molecule has 2 aliphatic rings. The fourth-order valence-electron chi connectivity index (χ4n) is 5.32. The van der Waals surface area contributed by atoms with Crippen molar-refractivity contribution in [1.29, 1.82) is 0 Å². The lowest BCUT2D eigenvalue weighted by Crippen LogP contribution is -2.54. The highest BCUT2D eigenvalue weighted by Gasteiger charge is 2.43. The Morgan fingerprint density at radius 1 is 1.29 bits per heavy atom. The van der Waals surface area contributed by atoms with Crippen LogP contribution in [0.5, 0.6) is 5.75 Å². The van der Waals surface area contributed by atoms with Crippen molar-refractivity contribution < 1.29 is 23.8 Å². The molecule has 34 heavy (non-hydrogen) atoms. The van der Waals surface area contributed by atoms with Crippen molar-refractivity contribution in [2.24, 2.45) is 5.92 Å². The van der Waals surface area contributed by atoms with E-state index < -0.39 is 11.2 Å². The molecule has 2 heterocycles. The zero-order valence-corrected chi connectivity index (χ0v) is 20.0. The third-order valence-corrected chi connectivity index (χ3v) is 7.38. The van der Waals surface area contributed by atoms with E-state index in [0.29, 0.717) is 42.8 Å². The molecule has 8 nitrogen and oxygen atoms in total. The van der Waals surface area contributed by atoms with Crippen LogP contribution in [0.4, 0.5) is 0 Å². The predicted molar refractivity (Wildman–Crippen MR) is 128 cm³/mol. The van der Waals surface area contributed by atoms with Gasteiger partial charge in [0.15, 0.2) is 6.61 Å². The van der Waals surface area contributed by atoms with Crippen molar-refractivity contribution in [2.75, 3.05) is 26.2 Å². The van der Waals surface area contributed by atoms with E-state index in [2.05, 4.69) is 5.32 Å². The Kier molecular flexibility index (Phi) is 7.26. The Morgan fingerprint density at radius 3 is 2.91 bits per heavy atom. The first-order valence-corrected chi connectivity index (χ1v) is 12.3. The molecule has 1 aromatic heterocycles. The van der Waals surface area contributed by atoms with Crippen LogP contribution in [-0.4, -0.2) is 53.7 Å². The molecule has 0 bridgehead atoms. The van der Waals surface area contributed by atoms with E-state index in [-0.39, 0.29) is 37.3 Å². The lowest BCUT2D eigenvalue weighted by atomic mass is 9.71. The lowest BCUT2D eigenvalue weighted by molar-refractivity contribution is -0.143. The summed E-state index contributed by atoms with van der Waals surface area (Å²) >= 11 is 0. The highest BCUT2D eigenvalue weighted by atomic mass is 16.5. The van der Waals surface area contributed by atoms with Gasteiger partial charge in [0.2, 0.25) is 5.91 Å². The Hall–Kier alpha value is -2.87. The van der Waals surface area contributed by atoms with Crippen LogP contribution in [0.15, 0.2) is 27.4 Å². The number of rotatable bonds is 7. The van der Waals surface area contributed by atoms with E-state index in [9.17, 15) is 19.5 Å². The fraction of sp³-hybridized carbons (Fsp3) is 0.577. The van der Waals surface area contributed by atoms with Gasteiger partial charge in [0.05, 0.1) is 5.60 Å². The summed E-state index contributed by atoms with van der Waals surface area (Å²) in [5, 5.41) is 14.4. The van der Waals surface area contributed by atoms with Crippen LogP contribution >= 0.6 is 0 Å². The Labute approximate surface area is 199 Å². The van der Waals surface area contributed by atoms with E-state index in [1.54, 1.807) is 13.0 Å². The van der Waals surface area contributed by atoms with Crippen LogP contribution in [0.25, 0.3) is 11.0 Å². The third kappa shape index (κ3) is 5.12. The maximum Gasteiger partial charge on any atom is 0.336 e. The summed E-state index contributed by atoms with van der Waals surface area (Å²) in [6.45, 7) is 4.98. The summed E-state index contributed by atoms with van der Waals surface area (Å²) in [4.78, 5) is 38.6. The number of piperidine rings is 1. The number of hydrogen-bond acceptors (Lipinski definition) is 6. The van der Waals surface area contributed by atoms with Gasteiger partial charge in [-0.3, -0.25) is 9.59 Å². The second kappa shape index (κ2) is 10.2. The zero-order chi connectivity index (χ0) is 24.3. The first-order valence-electron chi connectivity index (χ1n) is 12.3. The summed E-state index contributed by atoms with van der Waals surface area (Å²) in [5.41, 5.74) is 1.03. The molecule has 0 spiro atoms. The van der Waals surface area contributed by atoms with Crippen molar-refractivity contribution in [3.63, 3.8) is 0 Å². The number of likely N-dealkylation sites (tertiary alicyclic amines) is 1. The van der Waals surface area contributed by atoms with Crippen LogP contribution in [0.2, 0.25) is 0 Å². The molecule has 8 heteroatoms. The zero-order valence-electron chi connectivity index (χ0n) is 20.0. The molecule has 2 aromatic rings. The number of carbonyl (C=O) groups is 2. The van der Waals surface area contributed by atoms with Gasteiger partial charge in [-0.1, -0.05) is 19.8 Å². The number of fused-ring (bicyclic) bond motifs is 2. The van der Waals surface area contributed by atoms with Gasteiger partial charge in [-0.05, 0) is 50.3 Å². The van der Waals surface area contributed by atoms with Crippen LogP contribution in [0, 0.1) is 12.8 Å². The number of nitrogens with zero attached hydrogens (tertiary/aromatic N) is 1. The minimum absolute atomic E-state index is 0.000901. The monoisotopic (exact) mass is 470 g/mol. The number of hydrogen-bond donors (Lipinski definition) is 2. The number of nitrogens with one attached hydrogen (secondary N) is 1. The van der Waals surface area contributed by atoms with Gasteiger partial charge < -0.3 is 24.5 Å². The SMILES string of the molecule is CCc1cc(=O)oc2c(C)c(OCC(=O)NCCC(=O)N3CC[C@]4(O)CCCC[C@H]4C3)ccc12. The van der Waals surface area contributed by atoms with Gasteiger partial charge in [-0.2, -0.15) is 0 Å².